The third-order valence-electron chi connectivity index (χ3n) is 3.88. The first-order valence-corrected chi connectivity index (χ1v) is 7.08. The fourth-order valence-corrected chi connectivity index (χ4v) is 2.20. The Labute approximate surface area is 123 Å². The van der Waals surface area contributed by atoms with Crippen molar-refractivity contribution in [3.63, 3.8) is 0 Å². The molecule has 0 bridgehead atoms. The summed E-state index contributed by atoms with van der Waals surface area (Å²) < 4.78 is 0. The average molecular weight is 288 g/mol. The van der Waals surface area contributed by atoms with Crippen molar-refractivity contribution in [3.05, 3.63) is 35.9 Å². The summed E-state index contributed by atoms with van der Waals surface area (Å²) in [5.41, 5.74) is 0.112. The molecule has 0 amide bonds. The lowest BCUT2D eigenvalue weighted by Crippen LogP contribution is -2.35. The third-order valence-corrected chi connectivity index (χ3v) is 3.88. The van der Waals surface area contributed by atoms with E-state index in [1.165, 1.54) is 0 Å². The van der Waals surface area contributed by atoms with Crippen molar-refractivity contribution in [2.75, 3.05) is 11.9 Å². The Morgan fingerprint density at radius 2 is 1.95 bits per heavy atom. The molecule has 3 N–H and O–H groups in total. The molecule has 0 spiro atoms. The summed E-state index contributed by atoms with van der Waals surface area (Å²) in [4.78, 5) is 15.6. The van der Waals surface area contributed by atoms with Crippen LogP contribution < -0.4 is 5.32 Å². The first-order chi connectivity index (χ1) is 9.99. The minimum absolute atomic E-state index is 0.241. The van der Waals surface area contributed by atoms with Gasteiger partial charge in [0.15, 0.2) is 0 Å². The van der Waals surface area contributed by atoms with Crippen LogP contribution in [0, 0.1) is 0 Å². The highest BCUT2D eigenvalue weighted by Gasteiger charge is 2.21. The Bertz CT molecular complexity index is 651. The number of benzene rings is 1. The van der Waals surface area contributed by atoms with E-state index in [1.807, 2.05) is 13.8 Å². The number of carbonyl (C=O) groups is 1. The summed E-state index contributed by atoms with van der Waals surface area (Å²) in [6.07, 6.45) is 1.32. The van der Waals surface area contributed by atoms with Gasteiger partial charge in [-0.2, -0.15) is 0 Å². The lowest BCUT2D eigenvalue weighted by Gasteiger charge is -2.25. The van der Waals surface area contributed by atoms with E-state index in [0.717, 1.165) is 0 Å². The van der Waals surface area contributed by atoms with Crippen molar-refractivity contribution >= 4 is 22.7 Å². The number of hydrogen-bond donors (Lipinski definition) is 3. The molecule has 0 radical (unpaired) electrons. The SMILES string of the molecule is CCC(O)(CC)CNc1ccc2c(C(=O)O)cccc2n1. The van der Waals surface area contributed by atoms with Gasteiger partial charge in [0.1, 0.15) is 5.82 Å². The van der Waals surface area contributed by atoms with Gasteiger partial charge < -0.3 is 15.5 Å². The molecule has 0 aliphatic rings. The molecular formula is C16H20N2O3. The minimum Gasteiger partial charge on any atom is -0.478 e. The predicted octanol–water partition coefficient (Wildman–Crippen LogP) is 2.90. The lowest BCUT2D eigenvalue weighted by atomic mass is 9.98. The molecule has 0 unspecified atom stereocenters. The number of nitrogens with one attached hydrogen (secondary N) is 1. The highest BCUT2D eigenvalue weighted by atomic mass is 16.4. The van der Waals surface area contributed by atoms with E-state index in [4.69, 9.17) is 5.11 Å². The molecule has 0 saturated carbocycles. The van der Waals surface area contributed by atoms with Gasteiger partial charge in [0.2, 0.25) is 0 Å². The summed E-state index contributed by atoms with van der Waals surface area (Å²) in [5.74, 6) is -0.334. The molecule has 112 valence electrons. The summed E-state index contributed by atoms with van der Waals surface area (Å²) in [5, 5.41) is 23.1. The van der Waals surface area contributed by atoms with Crippen molar-refractivity contribution in [2.45, 2.75) is 32.3 Å². The zero-order chi connectivity index (χ0) is 15.5. The minimum atomic E-state index is -0.963. The number of carboxylic acids is 1. The Kier molecular flexibility index (Phi) is 4.43. The normalized spacial score (nSPS) is 11.6. The molecule has 2 rings (SSSR count). The lowest BCUT2D eigenvalue weighted by molar-refractivity contribution is 0.0456. The third kappa shape index (κ3) is 3.31. The van der Waals surface area contributed by atoms with Crippen LogP contribution in [-0.2, 0) is 0 Å². The van der Waals surface area contributed by atoms with E-state index in [-0.39, 0.29) is 5.56 Å². The average Bonchev–Trinajstić information content (AvgIpc) is 2.51. The van der Waals surface area contributed by atoms with Gasteiger partial charge in [-0.05, 0) is 37.1 Å². The second-order valence-corrected chi connectivity index (χ2v) is 5.16. The van der Waals surface area contributed by atoms with Gasteiger partial charge in [0, 0.05) is 11.9 Å². The second kappa shape index (κ2) is 6.10. The molecule has 0 fully saturated rings. The zero-order valence-electron chi connectivity index (χ0n) is 12.3. The summed E-state index contributed by atoms with van der Waals surface area (Å²) in [6.45, 7) is 4.30. The van der Waals surface area contributed by atoms with Gasteiger partial charge in [0.05, 0.1) is 16.7 Å². The number of aromatic nitrogens is 1. The van der Waals surface area contributed by atoms with Crippen molar-refractivity contribution in [3.8, 4) is 0 Å². The van der Waals surface area contributed by atoms with Crippen LogP contribution >= 0.6 is 0 Å². The molecule has 0 aliphatic carbocycles. The van der Waals surface area contributed by atoms with Crippen LogP contribution in [0.15, 0.2) is 30.3 Å². The quantitative estimate of drug-likeness (QED) is 0.761. The molecule has 2 aromatic rings. The molecule has 0 saturated heterocycles. The molecule has 0 atom stereocenters. The Balaban J connectivity index is 2.26. The maximum Gasteiger partial charge on any atom is 0.336 e. The van der Waals surface area contributed by atoms with Gasteiger partial charge in [-0.15, -0.1) is 0 Å². The number of carboxylic acid groups (broad SMARTS) is 1. The molecule has 1 aromatic heterocycles. The maximum absolute atomic E-state index is 11.2. The van der Waals surface area contributed by atoms with E-state index in [9.17, 15) is 9.90 Å². The fraction of sp³-hybridized carbons (Fsp3) is 0.375. The molecule has 5 nitrogen and oxygen atoms in total. The largest absolute Gasteiger partial charge is 0.478 e. The zero-order valence-corrected chi connectivity index (χ0v) is 12.3. The first-order valence-electron chi connectivity index (χ1n) is 7.08. The van der Waals surface area contributed by atoms with Crippen molar-refractivity contribution in [1.82, 2.24) is 4.98 Å². The Morgan fingerprint density at radius 3 is 2.57 bits per heavy atom. The van der Waals surface area contributed by atoms with Crippen LogP contribution in [0.25, 0.3) is 10.9 Å². The molecule has 1 aromatic carbocycles. The molecule has 0 aliphatic heterocycles. The van der Waals surface area contributed by atoms with Gasteiger partial charge in [-0.3, -0.25) is 0 Å². The smallest absolute Gasteiger partial charge is 0.336 e. The highest BCUT2D eigenvalue weighted by molar-refractivity contribution is 6.02. The van der Waals surface area contributed by atoms with Crippen LogP contribution in [0.3, 0.4) is 0 Å². The van der Waals surface area contributed by atoms with Crippen LogP contribution in [0.1, 0.15) is 37.0 Å². The fourth-order valence-electron chi connectivity index (χ4n) is 2.20. The number of rotatable bonds is 6. The highest BCUT2D eigenvalue weighted by Crippen LogP contribution is 2.21. The topological polar surface area (TPSA) is 82.5 Å². The maximum atomic E-state index is 11.2. The van der Waals surface area contributed by atoms with E-state index in [0.29, 0.717) is 36.1 Å². The Morgan fingerprint density at radius 1 is 1.24 bits per heavy atom. The van der Waals surface area contributed by atoms with Crippen molar-refractivity contribution in [1.29, 1.82) is 0 Å². The van der Waals surface area contributed by atoms with E-state index >= 15 is 0 Å². The molecular weight excluding hydrogens is 268 g/mol. The van der Waals surface area contributed by atoms with E-state index in [2.05, 4.69) is 10.3 Å². The van der Waals surface area contributed by atoms with E-state index in [1.54, 1.807) is 30.3 Å². The van der Waals surface area contributed by atoms with Crippen LogP contribution in [-0.4, -0.2) is 33.3 Å². The van der Waals surface area contributed by atoms with Crippen LogP contribution in [0.5, 0.6) is 0 Å². The number of pyridine rings is 1. The van der Waals surface area contributed by atoms with E-state index < -0.39 is 11.6 Å². The van der Waals surface area contributed by atoms with Gasteiger partial charge in [-0.1, -0.05) is 19.9 Å². The number of aliphatic hydroxyl groups is 1. The molecule has 21 heavy (non-hydrogen) atoms. The molecule has 1 heterocycles. The van der Waals surface area contributed by atoms with Crippen LogP contribution in [0.2, 0.25) is 0 Å². The number of hydrogen-bond acceptors (Lipinski definition) is 4. The van der Waals surface area contributed by atoms with Crippen molar-refractivity contribution < 1.29 is 15.0 Å². The summed E-state index contributed by atoms with van der Waals surface area (Å²) in [7, 11) is 0. The predicted molar refractivity (Wildman–Crippen MR) is 82.7 cm³/mol. The first kappa shape index (κ1) is 15.3. The monoisotopic (exact) mass is 288 g/mol. The standard InChI is InChI=1S/C16H20N2O3/c1-3-16(21,4-2)10-17-14-9-8-11-12(15(19)20)6-5-7-13(11)18-14/h5-9,21H,3-4,10H2,1-2H3,(H,17,18)(H,19,20). The Hall–Kier alpha value is -2.14. The summed E-state index contributed by atoms with van der Waals surface area (Å²) in [6, 6.07) is 8.49. The summed E-state index contributed by atoms with van der Waals surface area (Å²) >= 11 is 0. The van der Waals surface area contributed by atoms with Gasteiger partial charge >= 0.3 is 5.97 Å². The molecule has 5 heteroatoms. The number of aromatic carboxylic acids is 1. The van der Waals surface area contributed by atoms with Crippen molar-refractivity contribution in [2.24, 2.45) is 0 Å². The van der Waals surface area contributed by atoms with Gasteiger partial charge in [0.25, 0.3) is 0 Å². The second-order valence-electron chi connectivity index (χ2n) is 5.16. The van der Waals surface area contributed by atoms with Crippen LogP contribution in [0.4, 0.5) is 5.82 Å². The number of nitrogens with zero attached hydrogens (tertiary/aromatic N) is 1. The number of anilines is 1. The number of fused-ring (bicyclic) bond motifs is 1. The van der Waals surface area contributed by atoms with Gasteiger partial charge in [-0.25, -0.2) is 9.78 Å².